The number of hydrogen-bond acceptors (Lipinski definition) is 3. The number of carboxylic acid groups (broad SMARTS) is 1. The van der Waals surface area contributed by atoms with E-state index < -0.39 is 5.97 Å². The standard InChI is InChI=1S/C25H22BrFN2O3/c1-32-23-11-10-18(26)12-17(23)13-28-14-20-19-7-3-5-9-22(19)29(24(20)25(30)31)15-16-6-2-4-8-21(16)27/h2-12,28H,13-15H2,1H3,(H,30,31). The fraction of sp³-hybridized carbons (Fsp3) is 0.160. The molecule has 1 heterocycles. The summed E-state index contributed by atoms with van der Waals surface area (Å²) in [6.07, 6.45) is 0. The van der Waals surface area contributed by atoms with Gasteiger partial charge in [0.15, 0.2) is 0 Å². The van der Waals surface area contributed by atoms with E-state index in [0.717, 1.165) is 26.7 Å². The monoisotopic (exact) mass is 496 g/mol. The van der Waals surface area contributed by atoms with E-state index in [-0.39, 0.29) is 18.1 Å². The molecular weight excluding hydrogens is 475 g/mol. The summed E-state index contributed by atoms with van der Waals surface area (Å²) >= 11 is 3.47. The number of aromatic carboxylic acids is 1. The SMILES string of the molecule is COc1ccc(Br)cc1CNCc1c(C(=O)O)n(Cc2ccccc2F)c2ccccc12. The Morgan fingerprint density at radius 3 is 2.56 bits per heavy atom. The molecule has 32 heavy (non-hydrogen) atoms. The molecule has 1 aromatic heterocycles. The Labute approximate surface area is 193 Å². The van der Waals surface area contributed by atoms with E-state index in [4.69, 9.17) is 4.74 Å². The van der Waals surface area contributed by atoms with Gasteiger partial charge in [-0.3, -0.25) is 0 Å². The quantitative estimate of drug-likeness (QED) is 0.333. The summed E-state index contributed by atoms with van der Waals surface area (Å²) in [5, 5.41) is 14.2. The molecule has 0 aliphatic carbocycles. The van der Waals surface area contributed by atoms with Gasteiger partial charge in [-0.15, -0.1) is 0 Å². The van der Waals surface area contributed by atoms with Crippen molar-refractivity contribution in [3.8, 4) is 5.75 Å². The van der Waals surface area contributed by atoms with Crippen LogP contribution in [0.4, 0.5) is 4.39 Å². The maximum Gasteiger partial charge on any atom is 0.352 e. The number of halogens is 2. The molecule has 3 aromatic carbocycles. The van der Waals surface area contributed by atoms with Crippen molar-refractivity contribution in [2.24, 2.45) is 0 Å². The van der Waals surface area contributed by atoms with Gasteiger partial charge in [-0.1, -0.05) is 52.3 Å². The number of benzene rings is 3. The lowest BCUT2D eigenvalue weighted by Gasteiger charge is -2.12. The lowest BCUT2D eigenvalue weighted by atomic mass is 10.1. The number of fused-ring (bicyclic) bond motifs is 1. The van der Waals surface area contributed by atoms with Crippen molar-refractivity contribution in [2.45, 2.75) is 19.6 Å². The summed E-state index contributed by atoms with van der Waals surface area (Å²) in [5.41, 5.74) is 2.97. The molecule has 0 atom stereocenters. The maximum atomic E-state index is 14.3. The number of carbonyl (C=O) groups is 1. The molecule has 4 aromatic rings. The van der Waals surface area contributed by atoms with Crippen LogP contribution in [-0.4, -0.2) is 22.8 Å². The van der Waals surface area contributed by atoms with Crippen LogP contribution in [-0.2, 0) is 19.6 Å². The second kappa shape index (κ2) is 9.54. The summed E-state index contributed by atoms with van der Waals surface area (Å²) in [7, 11) is 1.62. The highest BCUT2D eigenvalue weighted by atomic mass is 79.9. The van der Waals surface area contributed by atoms with E-state index in [9.17, 15) is 14.3 Å². The molecule has 0 fully saturated rings. The largest absolute Gasteiger partial charge is 0.496 e. The number of carboxylic acids is 1. The molecule has 0 aliphatic heterocycles. The molecule has 0 bridgehead atoms. The number of ether oxygens (including phenoxy) is 1. The van der Waals surface area contributed by atoms with Crippen LogP contribution in [0.15, 0.2) is 71.2 Å². The van der Waals surface area contributed by atoms with Crippen LogP contribution < -0.4 is 10.1 Å². The van der Waals surface area contributed by atoms with E-state index in [1.54, 1.807) is 29.9 Å². The van der Waals surface area contributed by atoms with Gasteiger partial charge in [0.25, 0.3) is 0 Å². The van der Waals surface area contributed by atoms with Crippen LogP contribution in [0.3, 0.4) is 0 Å². The fourth-order valence-corrected chi connectivity index (χ4v) is 4.38. The summed E-state index contributed by atoms with van der Waals surface area (Å²) in [4.78, 5) is 12.3. The average Bonchev–Trinajstić information content (AvgIpc) is 3.09. The molecular formula is C25H22BrFN2O3. The topological polar surface area (TPSA) is 63.5 Å². The zero-order valence-electron chi connectivity index (χ0n) is 17.4. The van der Waals surface area contributed by atoms with E-state index in [0.29, 0.717) is 24.2 Å². The molecule has 5 nitrogen and oxygen atoms in total. The molecule has 0 radical (unpaired) electrons. The Morgan fingerprint density at radius 1 is 1.06 bits per heavy atom. The van der Waals surface area contributed by atoms with Crippen molar-refractivity contribution in [2.75, 3.05) is 7.11 Å². The number of nitrogens with zero attached hydrogens (tertiary/aromatic N) is 1. The van der Waals surface area contributed by atoms with Gasteiger partial charge < -0.3 is 19.7 Å². The lowest BCUT2D eigenvalue weighted by Crippen LogP contribution is -2.17. The summed E-state index contributed by atoms with van der Waals surface area (Å²) in [5.74, 6) is -0.654. The van der Waals surface area contributed by atoms with E-state index in [1.165, 1.54) is 6.07 Å². The van der Waals surface area contributed by atoms with Gasteiger partial charge in [-0.25, -0.2) is 9.18 Å². The van der Waals surface area contributed by atoms with E-state index in [2.05, 4.69) is 21.2 Å². The first-order valence-corrected chi connectivity index (χ1v) is 10.9. The highest BCUT2D eigenvalue weighted by Gasteiger charge is 2.22. The third-order valence-electron chi connectivity index (χ3n) is 5.42. The van der Waals surface area contributed by atoms with Gasteiger partial charge in [-0.2, -0.15) is 0 Å². The predicted molar refractivity (Wildman–Crippen MR) is 126 cm³/mol. The molecule has 0 aliphatic rings. The van der Waals surface area contributed by atoms with Gasteiger partial charge in [0.05, 0.1) is 13.7 Å². The number of rotatable bonds is 8. The Hall–Kier alpha value is -3.16. The minimum Gasteiger partial charge on any atom is -0.496 e. The first-order chi connectivity index (χ1) is 15.5. The molecule has 0 amide bonds. The molecule has 0 spiro atoms. The molecule has 0 unspecified atom stereocenters. The van der Waals surface area contributed by atoms with Gasteiger partial charge in [-0.05, 0) is 30.3 Å². The van der Waals surface area contributed by atoms with Crippen LogP contribution in [0.2, 0.25) is 0 Å². The van der Waals surface area contributed by atoms with Crippen LogP contribution in [0.1, 0.15) is 27.2 Å². The normalized spacial score (nSPS) is 11.1. The van der Waals surface area contributed by atoms with Crippen molar-refractivity contribution >= 4 is 32.8 Å². The predicted octanol–water partition coefficient (Wildman–Crippen LogP) is 5.59. The Morgan fingerprint density at radius 2 is 1.81 bits per heavy atom. The van der Waals surface area contributed by atoms with Crippen LogP contribution >= 0.6 is 15.9 Å². The van der Waals surface area contributed by atoms with Crippen molar-refractivity contribution < 1.29 is 19.0 Å². The second-order valence-electron chi connectivity index (χ2n) is 7.39. The zero-order chi connectivity index (χ0) is 22.7. The smallest absolute Gasteiger partial charge is 0.352 e. The van der Waals surface area contributed by atoms with E-state index >= 15 is 0 Å². The number of aromatic nitrogens is 1. The third kappa shape index (κ3) is 4.40. The van der Waals surface area contributed by atoms with Crippen molar-refractivity contribution in [1.29, 1.82) is 0 Å². The second-order valence-corrected chi connectivity index (χ2v) is 8.30. The highest BCUT2D eigenvalue weighted by molar-refractivity contribution is 9.10. The fourth-order valence-electron chi connectivity index (χ4n) is 3.97. The molecule has 0 saturated carbocycles. The third-order valence-corrected chi connectivity index (χ3v) is 5.92. The van der Waals surface area contributed by atoms with E-state index in [1.807, 2.05) is 42.5 Å². The van der Waals surface area contributed by atoms with Gasteiger partial charge in [0.1, 0.15) is 17.3 Å². The Balaban J connectivity index is 1.70. The van der Waals surface area contributed by atoms with Crippen LogP contribution in [0.5, 0.6) is 5.75 Å². The van der Waals surface area contributed by atoms with Crippen molar-refractivity contribution in [3.63, 3.8) is 0 Å². The maximum absolute atomic E-state index is 14.3. The molecule has 164 valence electrons. The number of nitrogens with one attached hydrogen (secondary N) is 1. The molecule has 4 rings (SSSR count). The summed E-state index contributed by atoms with van der Waals surface area (Å²) < 4.78 is 22.3. The Bertz CT molecular complexity index is 1290. The van der Waals surface area contributed by atoms with Gasteiger partial charge >= 0.3 is 5.97 Å². The average molecular weight is 497 g/mol. The van der Waals surface area contributed by atoms with Crippen LogP contribution in [0, 0.1) is 5.82 Å². The van der Waals surface area contributed by atoms with Crippen LogP contribution in [0.25, 0.3) is 10.9 Å². The highest BCUT2D eigenvalue weighted by Crippen LogP contribution is 2.29. The molecule has 0 saturated heterocycles. The zero-order valence-corrected chi connectivity index (χ0v) is 19.0. The minimum absolute atomic E-state index is 0.133. The lowest BCUT2D eigenvalue weighted by molar-refractivity contribution is 0.0684. The number of methoxy groups -OCH3 is 1. The van der Waals surface area contributed by atoms with Crippen molar-refractivity contribution in [1.82, 2.24) is 9.88 Å². The molecule has 7 heteroatoms. The first kappa shape index (κ1) is 22.0. The minimum atomic E-state index is -1.05. The van der Waals surface area contributed by atoms with Gasteiger partial charge in [0.2, 0.25) is 0 Å². The molecule has 2 N–H and O–H groups in total. The van der Waals surface area contributed by atoms with Crippen molar-refractivity contribution in [3.05, 3.63) is 99.4 Å². The number of hydrogen-bond donors (Lipinski definition) is 2. The summed E-state index contributed by atoms with van der Waals surface area (Å²) in [6, 6.07) is 19.7. The number of para-hydroxylation sites is 1. The van der Waals surface area contributed by atoms with Gasteiger partial charge in [0, 0.05) is 45.2 Å². The first-order valence-electron chi connectivity index (χ1n) is 10.1. The summed E-state index contributed by atoms with van der Waals surface area (Å²) in [6.45, 7) is 0.963. The Kier molecular flexibility index (Phi) is 6.58.